The van der Waals surface area contributed by atoms with E-state index in [1.54, 1.807) is 0 Å². The number of rotatable bonds is 5. The van der Waals surface area contributed by atoms with Gasteiger partial charge in [0.15, 0.2) is 11.2 Å². The molecule has 0 aliphatic carbocycles. The molecule has 1 atom stereocenters. The predicted molar refractivity (Wildman–Crippen MR) is 81.2 cm³/mol. The molecular weight excluding hydrogens is 290 g/mol. The van der Waals surface area contributed by atoms with Crippen molar-refractivity contribution >= 4 is 23.1 Å². The first kappa shape index (κ1) is 15.8. The molecule has 0 unspecified atom stereocenters. The normalized spacial score (nSPS) is 12.5. The number of imidazole rings is 1. The Labute approximate surface area is 125 Å². The third-order valence-electron chi connectivity index (χ3n) is 3.63. The zero-order valence-corrected chi connectivity index (χ0v) is 13.0. The van der Waals surface area contributed by atoms with Gasteiger partial charge in [-0.1, -0.05) is 6.92 Å². The van der Waals surface area contributed by atoms with E-state index in [1.165, 1.54) is 23.2 Å². The highest BCUT2D eigenvalue weighted by molar-refractivity contribution is 5.77. The van der Waals surface area contributed by atoms with Crippen LogP contribution in [0.1, 0.15) is 20.3 Å². The molecule has 0 aliphatic rings. The first-order valence-corrected chi connectivity index (χ1v) is 6.92. The van der Waals surface area contributed by atoms with E-state index in [9.17, 15) is 14.4 Å². The van der Waals surface area contributed by atoms with Gasteiger partial charge < -0.3 is 10.4 Å². The second-order valence-corrected chi connectivity index (χ2v) is 5.25. The lowest BCUT2D eigenvalue weighted by Crippen LogP contribution is -2.37. The summed E-state index contributed by atoms with van der Waals surface area (Å²) >= 11 is 0. The number of aryl methyl sites for hydroxylation is 1. The standard InChI is InChI=1S/C13H19N5O4/c1-5-7(2)14-12-15-10-9(18(12)6-8(19)20)11(21)17(4)13(22)16(10)3/h7H,5-6H2,1-4H3,(H,14,15)(H,19,20)/t7-/m0/s1. The van der Waals surface area contributed by atoms with Crippen LogP contribution in [0, 0.1) is 0 Å². The summed E-state index contributed by atoms with van der Waals surface area (Å²) < 4.78 is 3.47. The SMILES string of the molecule is CC[C@H](C)Nc1nc2c(c(=O)n(C)c(=O)n2C)n1CC(=O)O. The molecule has 22 heavy (non-hydrogen) atoms. The lowest BCUT2D eigenvalue weighted by Gasteiger charge is -2.13. The molecule has 0 fully saturated rings. The summed E-state index contributed by atoms with van der Waals surface area (Å²) in [5, 5.41) is 12.2. The first-order valence-electron chi connectivity index (χ1n) is 6.92. The Hall–Kier alpha value is -2.58. The van der Waals surface area contributed by atoms with Crippen molar-refractivity contribution in [3.05, 3.63) is 20.8 Å². The number of hydrogen-bond acceptors (Lipinski definition) is 5. The van der Waals surface area contributed by atoms with Crippen LogP contribution in [0.3, 0.4) is 0 Å². The Morgan fingerprint density at radius 2 is 1.95 bits per heavy atom. The maximum absolute atomic E-state index is 12.3. The highest BCUT2D eigenvalue weighted by Crippen LogP contribution is 2.16. The van der Waals surface area contributed by atoms with Crippen LogP contribution in [-0.2, 0) is 25.4 Å². The van der Waals surface area contributed by atoms with Gasteiger partial charge in [-0.15, -0.1) is 0 Å². The smallest absolute Gasteiger partial charge is 0.332 e. The number of carboxylic acid groups (broad SMARTS) is 1. The molecule has 2 N–H and O–H groups in total. The minimum Gasteiger partial charge on any atom is -0.480 e. The largest absolute Gasteiger partial charge is 0.480 e. The predicted octanol–water partition coefficient (Wildman–Crippen LogP) is -0.271. The van der Waals surface area contributed by atoms with E-state index in [0.29, 0.717) is 0 Å². The second-order valence-electron chi connectivity index (χ2n) is 5.25. The number of hydrogen-bond donors (Lipinski definition) is 2. The molecule has 0 saturated heterocycles. The number of carboxylic acids is 1. The molecule has 0 aliphatic heterocycles. The van der Waals surface area contributed by atoms with Crippen LogP contribution in [0.4, 0.5) is 5.95 Å². The van der Waals surface area contributed by atoms with E-state index in [4.69, 9.17) is 5.11 Å². The van der Waals surface area contributed by atoms with Gasteiger partial charge in [0.25, 0.3) is 5.56 Å². The van der Waals surface area contributed by atoms with E-state index < -0.39 is 23.8 Å². The van der Waals surface area contributed by atoms with Gasteiger partial charge in [0.1, 0.15) is 6.54 Å². The molecular formula is C13H19N5O4. The van der Waals surface area contributed by atoms with Crippen LogP contribution in [0.15, 0.2) is 9.59 Å². The van der Waals surface area contributed by atoms with Crippen LogP contribution < -0.4 is 16.6 Å². The summed E-state index contributed by atoms with van der Waals surface area (Å²) in [7, 11) is 2.85. The van der Waals surface area contributed by atoms with E-state index in [2.05, 4.69) is 10.3 Å². The Kier molecular flexibility index (Phi) is 4.07. The molecule has 2 rings (SSSR count). The second kappa shape index (κ2) is 5.66. The van der Waals surface area contributed by atoms with Gasteiger partial charge in [-0.2, -0.15) is 4.98 Å². The molecule has 0 aromatic carbocycles. The van der Waals surface area contributed by atoms with E-state index in [1.807, 2.05) is 13.8 Å². The van der Waals surface area contributed by atoms with Crippen molar-refractivity contribution in [1.29, 1.82) is 0 Å². The van der Waals surface area contributed by atoms with Crippen molar-refractivity contribution in [3.63, 3.8) is 0 Å². The van der Waals surface area contributed by atoms with Crippen molar-refractivity contribution in [2.75, 3.05) is 5.32 Å². The third kappa shape index (κ3) is 2.49. The van der Waals surface area contributed by atoms with Crippen molar-refractivity contribution in [3.8, 4) is 0 Å². The van der Waals surface area contributed by atoms with Crippen LogP contribution in [0.5, 0.6) is 0 Å². The van der Waals surface area contributed by atoms with E-state index >= 15 is 0 Å². The van der Waals surface area contributed by atoms with Gasteiger partial charge in [-0.05, 0) is 13.3 Å². The van der Waals surface area contributed by atoms with Crippen molar-refractivity contribution in [2.45, 2.75) is 32.9 Å². The summed E-state index contributed by atoms with van der Waals surface area (Å²) in [5.41, 5.74) is -0.811. The minimum atomic E-state index is -1.09. The van der Waals surface area contributed by atoms with Gasteiger partial charge in [0.05, 0.1) is 0 Å². The fraction of sp³-hybridized carbons (Fsp3) is 0.538. The molecule has 0 amide bonds. The van der Waals surface area contributed by atoms with Gasteiger partial charge in [-0.3, -0.25) is 23.3 Å². The fourth-order valence-electron chi connectivity index (χ4n) is 2.17. The molecule has 9 heteroatoms. The molecule has 2 aromatic rings. The van der Waals surface area contributed by atoms with Crippen LogP contribution in [0.25, 0.3) is 11.2 Å². The molecule has 0 radical (unpaired) electrons. The molecule has 0 bridgehead atoms. The molecule has 2 heterocycles. The summed E-state index contributed by atoms with van der Waals surface area (Å²) in [6.07, 6.45) is 0.799. The number of aromatic nitrogens is 4. The van der Waals surface area contributed by atoms with E-state index in [-0.39, 0.29) is 23.2 Å². The van der Waals surface area contributed by atoms with Gasteiger partial charge in [0, 0.05) is 20.1 Å². The van der Waals surface area contributed by atoms with Crippen molar-refractivity contribution < 1.29 is 9.90 Å². The third-order valence-corrected chi connectivity index (χ3v) is 3.63. The maximum atomic E-state index is 12.3. The van der Waals surface area contributed by atoms with E-state index in [0.717, 1.165) is 11.0 Å². The zero-order chi connectivity index (χ0) is 16.6. The monoisotopic (exact) mass is 309 g/mol. The Bertz CT molecular complexity index is 845. The minimum absolute atomic E-state index is 0.0465. The molecule has 120 valence electrons. The molecule has 0 saturated carbocycles. The fourth-order valence-corrected chi connectivity index (χ4v) is 2.17. The van der Waals surface area contributed by atoms with Gasteiger partial charge in [0.2, 0.25) is 5.95 Å². The zero-order valence-electron chi connectivity index (χ0n) is 13.0. The summed E-state index contributed by atoms with van der Waals surface area (Å²) in [4.78, 5) is 39.7. The average Bonchev–Trinajstić information content (AvgIpc) is 2.80. The Morgan fingerprint density at radius 3 is 2.50 bits per heavy atom. The number of anilines is 1. The molecule has 2 aromatic heterocycles. The van der Waals surface area contributed by atoms with Crippen LogP contribution >= 0.6 is 0 Å². The Balaban J connectivity index is 2.83. The molecule has 0 spiro atoms. The topological polar surface area (TPSA) is 111 Å². The summed E-state index contributed by atoms with van der Waals surface area (Å²) in [6, 6.07) is 0.0465. The number of fused-ring (bicyclic) bond motifs is 1. The number of carbonyl (C=O) groups is 1. The highest BCUT2D eigenvalue weighted by atomic mass is 16.4. The molecule has 9 nitrogen and oxygen atoms in total. The van der Waals surface area contributed by atoms with Gasteiger partial charge in [-0.25, -0.2) is 4.79 Å². The number of nitrogens with zero attached hydrogens (tertiary/aromatic N) is 4. The maximum Gasteiger partial charge on any atom is 0.332 e. The Morgan fingerprint density at radius 1 is 1.32 bits per heavy atom. The lowest BCUT2D eigenvalue weighted by molar-refractivity contribution is -0.137. The van der Waals surface area contributed by atoms with Gasteiger partial charge >= 0.3 is 11.7 Å². The van der Waals surface area contributed by atoms with Crippen molar-refractivity contribution in [1.82, 2.24) is 18.7 Å². The van der Waals surface area contributed by atoms with Crippen LogP contribution in [0.2, 0.25) is 0 Å². The number of aliphatic carboxylic acids is 1. The highest BCUT2D eigenvalue weighted by Gasteiger charge is 2.21. The van der Waals surface area contributed by atoms with Crippen molar-refractivity contribution in [2.24, 2.45) is 14.1 Å². The lowest BCUT2D eigenvalue weighted by atomic mass is 10.3. The first-order chi connectivity index (χ1) is 10.3. The summed E-state index contributed by atoms with van der Waals surface area (Å²) in [5.74, 6) is -0.826. The summed E-state index contributed by atoms with van der Waals surface area (Å²) in [6.45, 7) is 3.47. The number of nitrogens with one attached hydrogen (secondary N) is 1. The quantitative estimate of drug-likeness (QED) is 0.786. The average molecular weight is 309 g/mol. The van der Waals surface area contributed by atoms with Crippen LogP contribution in [-0.4, -0.2) is 35.8 Å².